The Labute approximate surface area is 110 Å². The van der Waals surface area contributed by atoms with Gasteiger partial charge in [0.25, 0.3) is 0 Å². The molecule has 2 rings (SSSR count). The summed E-state index contributed by atoms with van der Waals surface area (Å²) in [6, 6.07) is 4.25. The van der Waals surface area contributed by atoms with Gasteiger partial charge in [-0.3, -0.25) is 0 Å². The highest BCUT2D eigenvalue weighted by Crippen LogP contribution is 2.37. The van der Waals surface area contributed by atoms with Crippen LogP contribution in [0.4, 0.5) is 4.39 Å². The second-order valence-corrected chi connectivity index (χ2v) is 7.34. The zero-order valence-corrected chi connectivity index (χ0v) is 11.2. The molecule has 1 aliphatic rings. The predicted octanol–water partition coefficient (Wildman–Crippen LogP) is 3.19. The summed E-state index contributed by atoms with van der Waals surface area (Å²) in [5, 5.41) is -0.431. The summed E-state index contributed by atoms with van der Waals surface area (Å²) in [7, 11) is -2.96. The molecule has 1 aromatic rings. The number of rotatable bonds is 2. The van der Waals surface area contributed by atoms with E-state index >= 15 is 0 Å². The third-order valence-electron chi connectivity index (χ3n) is 2.94. The van der Waals surface area contributed by atoms with Crippen LogP contribution in [0.5, 0.6) is 0 Å². The van der Waals surface area contributed by atoms with Crippen molar-refractivity contribution >= 4 is 33.0 Å². The number of sulfone groups is 1. The van der Waals surface area contributed by atoms with Gasteiger partial charge in [-0.2, -0.15) is 0 Å². The molecular formula is C11H11Cl2FO2S. The first-order valence-corrected chi connectivity index (χ1v) is 7.82. The molecule has 94 valence electrons. The van der Waals surface area contributed by atoms with Gasteiger partial charge in [0.05, 0.1) is 21.9 Å². The van der Waals surface area contributed by atoms with Crippen LogP contribution in [0.2, 0.25) is 5.02 Å². The van der Waals surface area contributed by atoms with E-state index in [0.717, 1.165) is 0 Å². The smallest absolute Gasteiger partial charge is 0.150 e. The summed E-state index contributed by atoms with van der Waals surface area (Å²) in [5.41, 5.74) is 0.667. The molecular weight excluding hydrogens is 286 g/mol. The average molecular weight is 297 g/mol. The van der Waals surface area contributed by atoms with Crippen LogP contribution in [-0.2, 0) is 9.84 Å². The molecule has 1 aromatic carbocycles. The summed E-state index contributed by atoms with van der Waals surface area (Å²) in [4.78, 5) is 0. The van der Waals surface area contributed by atoms with Crippen molar-refractivity contribution in [2.45, 2.75) is 11.8 Å². The maximum Gasteiger partial charge on any atom is 0.150 e. The van der Waals surface area contributed by atoms with Gasteiger partial charge < -0.3 is 0 Å². The first-order valence-electron chi connectivity index (χ1n) is 5.18. The topological polar surface area (TPSA) is 34.1 Å². The molecule has 1 saturated heterocycles. The number of hydrogen-bond acceptors (Lipinski definition) is 2. The Balaban J connectivity index is 2.20. The van der Waals surface area contributed by atoms with Gasteiger partial charge in [-0.05, 0) is 30.0 Å². The summed E-state index contributed by atoms with van der Waals surface area (Å²) >= 11 is 11.9. The molecule has 2 nitrogen and oxygen atoms in total. The van der Waals surface area contributed by atoms with Gasteiger partial charge in [0.1, 0.15) is 5.82 Å². The first-order chi connectivity index (χ1) is 7.89. The van der Waals surface area contributed by atoms with Crippen LogP contribution in [0.25, 0.3) is 0 Å². The van der Waals surface area contributed by atoms with Crippen molar-refractivity contribution in [1.82, 2.24) is 0 Å². The molecule has 2 atom stereocenters. The molecule has 17 heavy (non-hydrogen) atoms. The number of alkyl halides is 1. The zero-order valence-electron chi connectivity index (χ0n) is 8.87. The molecule has 0 radical (unpaired) electrons. The standard InChI is InChI=1S/C11H11Cl2FO2S/c12-9-5-7(1-2-10(9)14)11(13)8-3-4-17(15,16)6-8/h1-2,5,8,11H,3-4,6H2. The molecule has 2 unspecified atom stereocenters. The zero-order chi connectivity index (χ0) is 12.6. The maximum absolute atomic E-state index is 13.0. The third kappa shape index (κ3) is 2.92. The Hall–Kier alpha value is -0.320. The summed E-state index contributed by atoms with van der Waals surface area (Å²) in [6.45, 7) is 0. The van der Waals surface area contributed by atoms with E-state index < -0.39 is 21.0 Å². The largest absolute Gasteiger partial charge is 0.229 e. The minimum atomic E-state index is -2.96. The molecule has 0 spiro atoms. The van der Waals surface area contributed by atoms with Gasteiger partial charge in [-0.15, -0.1) is 11.6 Å². The summed E-state index contributed by atoms with van der Waals surface area (Å²) in [6.07, 6.45) is 0.547. The molecule has 0 aromatic heterocycles. The van der Waals surface area contributed by atoms with Gasteiger partial charge in [-0.1, -0.05) is 17.7 Å². The van der Waals surface area contributed by atoms with Crippen LogP contribution in [0.1, 0.15) is 17.4 Å². The van der Waals surface area contributed by atoms with E-state index in [0.29, 0.717) is 12.0 Å². The maximum atomic E-state index is 13.0. The quantitative estimate of drug-likeness (QED) is 0.786. The molecule has 0 bridgehead atoms. The highest BCUT2D eigenvalue weighted by atomic mass is 35.5. The summed E-state index contributed by atoms with van der Waals surface area (Å²) in [5.74, 6) is -0.354. The van der Waals surface area contributed by atoms with Gasteiger partial charge in [0.15, 0.2) is 9.84 Å². The lowest BCUT2D eigenvalue weighted by Crippen LogP contribution is -2.10. The van der Waals surface area contributed by atoms with Crippen LogP contribution >= 0.6 is 23.2 Å². The van der Waals surface area contributed by atoms with Gasteiger partial charge >= 0.3 is 0 Å². The second-order valence-electron chi connectivity index (χ2n) is 4.24. The molecule has 0 N–H and O–H groups in total. The minimum Gasteiger partial charge on any atom is -0.229 e. The van der Waals surface area contributed by atoms with Crippen molar-refractivity contribution < 1.29 is 12.8 Å². The monoisotopic (exact) mass is 296 g/mol. The SMILES string of the molecule is O=S1(=O)CCC(C(Cl)c2ccc(F)c(Cl)c2)C1. The number of benzene rings is 1. The number of hydrogen-bond donors (Lipinski definition) is 0. The first kappa shape index (κ1) is 13.1. The predicted molar refractivity (Wildman–Crippen MR) is 66.8 cm³/mol. The Morgan fingerprint density at radius 2 is 2.12 bits per heavy atom. The van der Waals surface area contributed by atoms with E-state index in [1.807, 2.05) is 0 Å². The Morgan fingerprint density at radius 1 is 1.41 bits per heavy atom. The van der Waals surface area contributed by atoms with Gasteiger partial charge in [0.2, 0.25) is 0 Å². The van der Waals surface area contributed by atoms with Crippen LogP contribution in [0.3, 0.4) is 0 Å². The van der Waals surface area contributed by atoms with Crippen LogP contribution < -0.4 is 0 Å². The Bertz CT molecular complexity index is 530. The van der Waals surface area contributed by atoms with Crippen molar-refractivity contribution in [3.8, 4) is 0 Å². The lowest BCUT2D eigenvalue weighted by Gasteiger charge is -2.16. The highest BCUT2D eigenvalue weighted by molar-refractivity contribution is 7.91. The molecule has 1 fully saturated rings. The lowest BCUT2D eigenvalue weighted by molar-refractivity contribution is 0.567. The third-order valence-corrected chi connectivity index (χ3v) is 5.64. The van der Waals surface area contributed by atoms with Gasteiger partial charge in [0, 0.05) is 0 Å². The Kier molecular flexibility index (Phi) is 3.66. The van der Waals surface area contributed by atoms with Crippen molar-refractivity contribution in [1.29, 1.82) is 0 Å². The summed E-state index contributed by atoms with van der Waals surface area (Å²) < 4.78 is 35.7. The van der Waals surface area contributed by atoms with Crippen molar-refractivity contribution in [3.05, 3.63) is 34.6 Å². The normalized spacial score (nSPS) is 24.8. The Morgan fingerprint density at radius 3 is 2.65 bits per heavy atom. The molecule has 0 amide bonds. The molecule has 1 heterocycles. The highest BCUT2D eigenvalue weighted by Gasteiger charge is 2.33. The molecule has 6 heteroatoms. The van der Waals surface area contributed by atoms with Crippen LogP contribution in [0.15, 0.2) is 18.2 Å². The lowest BCUT2D eigenvalue weighted by atomic mass is 9.98. The van der Waals surface area contributed by atoms with E-state index in [1.54, 1.807) is 6.07 Å². The van der Waals surface area contributed by atoms with E-state index in [4.69, 9.17) is 23.2 Å². The number of halogens is 3. The van der Waals surface area contributed by atoms with E-state index in [-0.39, 0.29) is 22.4 Å². The van der Waals surface area contributed by atoms with E-state index in [2.05, 4.69) is 0 Å². The molecule has 0 saturated carbocycles. The van der Waals surface area contributed by atoms with E-state index in [1.165, 1.54) is 12.1 Å². The van der Waals surface area contributed by atoms with Crippen molar-refractivity contribution in [2.75, 3.05) is 11.5 Å². The fourth-order valence-electron chi connectivity index (χ4n) is 2.01. The fourth-order valence-corrected chi connectivity index (χ4v) is 4.50. The minimum absolute atomic E-state index is 0.00834. The van der Waals surface area contributed by atoms with Crippen LogP contribution in [-0.4, -0.2) is 19.9 Å². The van der Waals surface area contributed by atoms with Crippen molar-refractivity contribution in [2.24, 2.45) is 5.92 Å². The molecule has 0 aliphatic carbocycles. The molecule has 1 aliphatic heterocycles. The average Bonchev–Trinajstić information content (AvgIpc) is 2.62. The second kappa shape index (κ2) is 4.75. The van der Waals surface area contributed by atoms with Crippen molar-refractivity contribution in [3.63, 3.8) is 0 Å². The van der Waals surface area contributed by atoms with Crippen LogP contribution in [0, 0.1) is 11.7 Å². The fraction of sp³-hybridized carbons (Fsp3) is 0.455. The van der Waals surface area contributed by atoms with Gasteiger partial charge in [-0.25, -0.2) is 12.8 Å². The van der Waals surface area contributed by atoms with E-state index in [9.17, 15) is 12.8 Å².